The molecule has 1 saturated heterocycles. The Morgan fingerprint density at radius 3 is 2.55 bits per heavy atom. The Bertz CT molecular complexity index is 268. The molecule has 1 fully saturated rings. The molecule has 1 atom stereocenters. The maximum Gasteiger partial charge on any atom is 0.222 e. The quantitative estimate of drug-likeness (QED) is 0.694. The van der Waals surface area contributed by atoms with Gasteiger partial charge in [0.25, 0.3) is 0 Å². The Balaban J connectivity index is 2.13. The average molecular weight is 285 g/mol. The van der Waals surface area contributed by atoms with Crippen LogP contribution < -0.4 is 10.6 Å². The summed E-state index contributed by atoms with van der Waals surface area (Å²) in [5.74, 6) is 0.614. The van der Waals surface area contributed by atoms with Crippen LogP contribution in [0.2, 0.25) is 0 Å². The largest absolute Gasteiger partial charge is 0.378 e. The third-order valence-electron chi connectivity index (χ3n) is 3.91. The van der Waals surface area contributed by atoms with Gasteiger partial charge in [0, 0.05) is 19.0 Å². The fourth-order valence-electron chi connectivity index (χ4n) is 2.60. The third-order valence-corrected chi connectivity index (χ3v) is 3.91. The Labute approximate surface area is 123 Å². The van der Waals surface area contributed by atoms with Crippen LogP contribution in [0, 0.1) is 5.92 Å². The van der Waals surface area contributed by atoms with Crippen molar-refractivity contribution in [1.82, 2.24) is 15.5 Å². The van der Waals surface area contributed by atoms with Crippen molar-refractivity contribution >= 4 is 5.91 Å². The molecule has 1 aliphatic heterocycles. The van der Waals surface area contributed by atoms with E-state index in [9.17, 15) is 4.79 Å². The van der Waals surface area contributed by atoms with Gasteiger partial charge in [0.05, 0.1) is 12.7 Å². The summed E-state index contributed by atoms with van der Waals surface area (Å²) in [5.41, 5.74) is 0. The summed E-state index contributed by atoms with van der Waals surface area (Å²) < 4.78 is 5.74. The van der Waals surface area contributed by atoms with Gasteiger partial charge in [-0.05, 0) is 45.9 Å². The summed E-state index contributed by atoms with van der Waals surface area (Å²) in [6.45, 7) is 7.64. The molecule has 0 aromatic heterocycles. The lowest BCUT2D eigenvalue weighted by atomic mass is 10.0. The lowest BCUT2D eigenvalue weighted by molar-refractivity contribution is -0.123. The van der Waals surface area contributed by atoms with Crippen LogP contribution in [0.25, 0.3) is 0 Å². The summed E-state index contributed by atoms with van der Waals surface area (Å²) in [6, 6.07) is 0.379. The zero-order valence-corrected chi connectivity index (χ0v) is 13.4. The summed E-state index contributed by atoms with van der Waals surface area (Å²) >= 11 is 0. The molecule has 0 spiro atoms. The molecular weight excluding hydrogens is 254 g/mol. The third kappa shape index (κ3) is 6.68. The molecule has 5 heteroatoms. The molecule has 0 saturated carbocycles. The average Bonchev–Trinajstić information content (AvgIpc) is 2.39. The van der Waals surface area contributed by atoms with E-state index in [-0.39, 0.29) is 5.91 Å². The fourth-order valence-corrected chi connectivity index (χ4v) is 2.60. The van der Waals surface area contributed by atoms with E-state index >= 15 is 0 Å². The molecule has 20 heavy (non-hydrogen) atoms. The maximum atomic E-state index is 11.8. The number of likely N-dealkylation sites (N-methyl/N-ethyl adjacent to an activating group) is 1. The van der Waals surface area contributed by atoms with E-state index in [1.54, 1.807) is 0 Å². The monoisotopic (exact) mass is 285 g/mol. The number of carbonyl (C=O) groups is 1. The first-order valence-electron chi connectivity index (χ1n) is 7.76. The van der Waals surface area contributed by atoms with Gasteiger partial charge in [-0.1, -0.05) is 13.8 Å². The van der Waals surface area contributed by atoms with Gasteiger partial charge >= 0.3 is 0 Å². The van der Waals surface area contributed by atoms with Crippen molar-refractivity contribution in [2.24, 2.45) is 5.92 Å². The predicted molar refractivity (Wildman–Crippen MR) is 81.8 cm³/mol. The number of nitrogens with zero attached hydrogens (tertiary/aromatic N) is 1. The molecule has 0 aromatic rings. The van der Waals surface area contributed by atoms with Crippen LogP contribution in [0.15, 0.2) is 0 Å². The minimum Gasteiger partial charge on any atom is -0.378 e. The molecule has 0 aliphatic carbocycles. The van der Waals surface area contributed by atoms with Gasteiger partial charge in [0.2, 0.25) is 5.91 Å². The highest BCUT2D eigenvalue weighted by Crippen LogP contribution is 2.08. The minimum absolute atomic E-state index is 0.0893. The topological polar surface area (TPSA) is 53.6 Å². The number of amides is 1. The number of rotatable bonds is 8. The molecule has 118 valence electrons. The van der Waals surface area contributed by atoms with Crippen LogP contribution in [0.5, 0.6) is 0 Å². The second-order valence-corrected chi connectivity index (χ2v) is 6.15. The molecule has 5 nitrogen and oxygen atoms in total. The Morgan fingerprint density at radius 2 is 2.00 bits per heavy atom. The number of carbonyl (C=O) groups excluding carboxylic acids is 1. The number of hydrogen-bond donors (Lipinski definition) is 2. The zero-order valence-electron chi connectivity index (χ0n) is 13.4. The fraction of sp³-hybridized carbons (Fsp3) is 0.933. The van der Waals surface area contributed by atoms with E-state index in [0.717, 1.165) is 25.9 Å². The van der Waals surface area contributed by atoms with Crippen LogP contribution in [-0.4, -0.2) is 63.3 Å². The van der Waals surface area contributed by atoms with E-state index in [2.05, 4.69) is 43.5 Å². The minimum atomic E-state index is 0.0893. The van der Waals surface area contributed by atoms with Crippen LogP contribution in [-0.2, 0) is 9.53 Å². The number of ether oxygens (including phenoxy) is 1. The number of hydrogen-bond acceptors (Lipinski definition) is 4. The van der Waals surface area contributed by atoms with Crippen molar-refractivity contribution in [2.75, 3.05) is 40.3 Å². The normalized spacial score (nSPS) is 18.5. The standard InChI is InChI=1S/C15H31N3O2/c1-12(2)14(18(3)4)11-17-15(19)7-10-20-13-5-8-16-9-6-13/h12-14,16H,5-11H2,1-4H3,(H,17,19). The second kappa shape index (κ2) is 9.32. The Morgan fingerprint density at radius 1 is 1.35 bits per heavy atom. The predicted octanol–water partition coefficient (Wildman–Crippen LogP) is 0.848. The first-order chi connectivity index (χ1) is 9.50. The molecule has 1 aliphatic rings. The van der Waals surface area contributed by atoms with Crippen LogP contribution >= 0.6 is 0 Å². The van der Waals surface area contributed by atoms with Crippen LogP contribution in [0.3, 0.4) is 0 Å². The van der Waals surface area contributed by atoms with Crippen LogP contribution in [0.1, 0.15) is 33.1 Å². The first-order valence-corrected chi connectivity index (χ1v) is 7.76. The zero-order chi connectivity index (χ0) is 15.0. The van der Waals surface area contributed by atoms with Gasteiger partial charge in [0.1, 0.15) is 0 Å². The molecule has 0 bridgehead atoms. The van der Waals surface area contributed by atoms with Gasteiger partial charge < -0.3 is 20.3 Å². The van der Waals surface area contributed by atoms with Crippen molar-refractivity contribution in [2.45, 2.75) is 45.3 Å². The highest BCUT2D eigenvalue weighted by Gasteiger charge is 2.17. The maximum absolute atomic E-state index is 11.8. The van der Waals surface area contributed by atoms with Gasteiger partial charge in [0.15, 0.2) is 0 Å². The van der Waals surface area contributed by atoms with Gasteiger partial charge in [-0.3, -0.25) is 4.79 Å². The van der Waals surface area contributed by atoms with Crippen molar-refractivity contribution in [1.29, 1.82) is 0 Å². The van der Waals surface area contributed by atoms with E-state index in [4.69, 9.17) is 4.74 Å². The van der Waals surface area contributed by atoms with E-state index in [1.165, 1.54) is 0 Å². The number of nitrogens with one attached hydrogen (secondary N) is 2. The van der Waals surface area contributed by atoms with Gasteiger partial charge in [-0.25, -0.2) is 0 Å². The molecular formula is C15H31N3O2. The summed E-state index contributed by atoms with van der Waals surface area (Å²) in [7, 11) is 4.11. The van der Waals surface area contributed by atoms with E-state index in [1.807, 2.05) is 0 Å². The lowest BCUT2D eigenvalue weighted by Gasteiger charge is -2.28. The first kappa shape index (κ1) is 17.4. The van der Waals surface area contributed by atoms with Crippen molar-refractivity contribution in [3.8, 4) is 0 Å². The molecule has 2 N–H and O–H groups in total. The van der Waals surface area contributed by atoms with Crippen LogP contribution in [0.4, 0.5) is 0 Å². The highest BCUT2D eigenvalue weighted by atomic mass is 16.5. The van der Waals surface area contributed by atoms with E-state index < -0.39 is 0 Å². The van der Waals surface area contributed by atoms with Crippen molar-refractivity contribution < 1.29 is 9.53 Å². The molecule has 1 heterocycles. The molecule has 0 aromatic carbocycles. The molecule has 1 amide bonds. The molecule has 1 unspecified atom stereocenters. The SMILES string of the molecule is CC(C)C(CNC(=O)CCOC1CCNCC1)N(C)C. The molecule has 0 radical (unpaired) electrons. The number of piperidine rings is 1. The second-order valence-electron chi connectivity index (χ2n) is 6.15. The van der Waals surface area contributed by atoms with E-state index in [0.29, 0.717) is 37.6 Å². The molecule has 1 rings (SSSR count). The van der Waals surface area contributed by atoms with Crippen molar-refractivity contribution in [3.05, 3.63) is 0 Å². The summed E-state index contributed by atoms with van der Waals surface area (Å²) in [4.78, 5) is 14.0. The van der Waals surface area contributed by atoms with Gasteiger partial charge in [-0.2, -0.15) is 0 Å². The Hall–Kier alpha value is -0.650. The highest BCUT2D eigenvalue weighted by molar-refractivity contribution is 5.75. The Kier molecular flexibility index (Phi) is 8.11. The summed E-state index contributed by atoms with van der Waals surface area (Å²) in [5, 5.41) is 6.31. The lowest BCUT2D eigenvalue weighted by Crippen LogP contribution is -2.43. The van der Waals surface area contributed by atoms with Gasteiger partial charge in [-0.15, -0.1) is 0 Å². The smallest absolute Gasteiger partial charge is 0.222 e. The van der Waals surface area contributed by atoms with Crippen molar-refractivity contribution in [3.63, 3.8) is 0 Å². The summed E-state index contributed by atoms with van der Waals surface area (Å²) in [6.07, 6.45) is 2.89.